The average Bonchev–Trinajstić information content (AvgIpc) is 2.86. The number of carbonyl (C=O) groups excluding carboxylic acids is 2. The smallest absolute Gasteiger partial charge is 0.263 e. The normalized spacial score (nSPS) is 18.8. The van der Waals surface area contributed by atoms with Crippen LogP contribution in [0.3, 0.4) is 0 Å². The van der Waals surface area contributed by atoms with E-state index in [1.807, 2.05) is 38.1 Å². The summed E-state index contributed by atoms with van der Waals surface area (Å²) in [7, 11) is 0. The quantitative estimate of drug-likeness (QED) is 0.748. The van der Waals surface area contributed by atoms with Gasteiger partial charge in [-0.25, -0.2) is 9.97 Å². The molecule has 2 aliphatic rings. The standard InChI is InChI=1S/C24H31N5O3/c1-3-18(4-2)27-22(30)21-16-29(19-8-5-6-9-20(19)32-21)23(31)17-10-14-28(15-11-17)24-25-12-7-13-26-24/h5-9,12-13,17-18,21H,3-4,10-11,14-16H2,1-2H3,(H,27,30). The van der Waals surface area contributed by atoms with Crippen LogP contribution in [0.2, 0.25) is 0 Å². The SMILES string of the molecule is CCC(CC)NC(=O)C1CN(C(=O)C2CCN(c3ncccn3)CC2)c2ccccc2O1. The van der Waals surface area contributed by atoms with Crippen molar-refractivity contribution in [3.63, 3.8) is 0 Å². The number of para-hydroxylation sites is 2. The molecule has 0 bridgehead atoms. The maximum absolute atomic E-state index is 13.6. The first-order valence-electron chi connectivity index (χ1n) is 11.5. The molecule has 2 amide bonds. The lowest BCUT2D eigenvalue weighted by atomic mass is 9.94. The Morgan fingerprint density at radius 1 is 1.09 bits per heavy atom. The molecule has 0 radical (unpaired) electrons. The van der Waals surface area contributed by atoms with Gasteiger partial charge in [-0.2, -0.15) is 0 Å². The number of ether oxygens (including phenoxy) is 1. The van der Waals surface area contributed by atoms with Crippen molar-refractivity contribution in [2.45, 2.75) is 51.7 Å². The fourth-order valence-electron chi connectivity index (χ4n) is 4.37. The van der Waals surface area contributed by atoms with Crippen LogP contribution >= 0.6 is 0 Å². The first-order chi connectivity index (χ1) is 15.6. The first kappa shape index (κ1) is 22.0. The Balaban J connectivity index is 1.46. The van der Waals surface area contributed by atoms with Crippen molar-refractivity contribution in [3.05, 3.63) is 42.7 Å². The number of nitrogens with zero attached hydrogens (tertiary/aromatic N) is 4. The minimum Gasteiger partial charge on any atom is -0.477 e. The Labute approximate surface area is 189 Å². The number of fused-ring (bicyclic) bond motifs is 1. The van der Waals surface area contributed by atoms with Crippen LogP contribution in [0, 0.1) is 5.92 Å². The molecule has 4 rings (SSSR count). The molecular formula is C24H31N5O3. The molecule has 1 unspecified atom stereocenters. The van der Waals surface area contributed by atoms with Crippen LogP contribution in [-0.2, 0) is 9.59 Å². The summed E-state index contributed by atoms with van der Waals surface area (Å²) in [5.41, 5.74) is 0.734. The van der Waals surface area contributed by atoms with E-state index in [9.17, 15) is 9.59 Å². The average molecular weight is 438 g/mol. The number of carbonyl (C=O) groups is 2. The molecule has 32 heavy (non-hydrogen) atoms. The Kier molecular flexibility index (Phi) is 6.87. The van der Waals surface area contributed by atoms with Crippen molar-refractivity contribution in [2.24, 2.45) is 5.92 Å². The van der Waals surface area contributed by atoms with Crippen LogP contribution in [0.15, 0.2) is 42.7 Å². The lowest BCUT2D eigenvalue weighted by Gasteiger charge is -2.38. The molecule has 1 aromatic carbocycles. The van der Waals surface area contributed by atoms with Crippen LogP contribution < -0.4 is 19.9 Å². The number of hydrogen-bond donors (Lipinski definition) is 1. The van der Waals surface area contributed by atoms with E-state index in [2.05, 4.69) is 20.2 Å². The van der Waals surface area contributed by atoms with E-state index >= 15 is 0 Å². The molecule has 0 aliphatic carbocycles. The number of aromatic nitrogens is 2. The Morgan fingerprint density at radius 2 is 1.78 bits per heavy atom. The lowest BCUT2D eigenvalue weighted by molar-refractivity contribution is -0.129. The zero-order valence-electron chi connectivity index (χ0n) is 18.7. The molecule has 1 fully saturated rings. The van der Waals surface area contributed by atoms with Crippen molar-refractivity contribution in [1.29, 1.82) is 0 Å². The van der Waals surface area contributed by atoms with Gasteiger partial charge in [0.1, 0.15) is 5.75 Å². The summed E-state index contributed by atoms with van der Waals surface area (Å²) < 4.78 is 6.00. The summed E-state index contributed by atoms with van der Waals surface area (Å²) in [4.78, 5) is 38.9. The maximum atomic E-state index is 13.6. The number of piperidine rings is 1. The van der Waals surface area contributed by atoms with Crippen LogP contribution in [0.5, 0.6) is 5.75 Å². The van der Waals surface area contributed by atoms with Crippen LogP contribution in [0.4, 0.5) is 11.6 Å². The third-order valence-electron chi connectivity index (χ3n) is 6.34. The van der Waals surface area contributed by atoms with E-state index in [-0.39, 0.29) is 30.3 Å². The van der Waals surface area contributed by atoms with E-state index in [0.29, 0.717) is 11.7 Å². The van der Waals surface area contributed by atoms with Gasteiger partial charge in [-0.15, -0.1) is 0 Å². The molecule has 0 spiro atoms. The second-order valence-corrected chi connectivity index (χ2v) is 8.36. The van der Waals surface area contributed by atoms with Crippen molar-refractivity contribution >= 4 is 23.5 Å². The van der Waals surface area contributed by atoms with Crippen molar-refractivity contribution in [3.8, 4) is 5.75 Å². The molecule has 1 atom stereocenters. The highest BCUT2D eigenvalue weighted by molar-refractivity contribution is 5.98. The highest BCUT2D eigenvalue weighted by Gasteiger charge is 2.37. The van der Waals surface area contributed by atoms with Gasteiger partial charge >= 0.3 is 0 Å². The van der Waals surface area contributed by atoms with E-state index in [0.717, 1.165) is 44.5 Å². The molecule has 2 aliphatic heterocycles. The van der Waals surface area contributed by atoms with Gasteiger partial charge in [-0.05, 0) is 43.9 Å². The van der Waals surface area contributed by atoms with Gasteiger partial charge in [-0.3, -0.25) is 9.59 Å². The van der Waals surface area contributed by atoms with Crippen LogP contribution in [-0.4, -0.2) is 53.6 Å². The number of amides is 2. The number of hydrogen-bond acceptors (Lipinski definition) is 6. The van der Waals surface area contributed by atoms with Gasteiger partial charge < -0.3 is 19.9 Å². The van der Waals surface area contributed by atoms with Crippen LogP contribution in [0.1, 0.15) is 39.5 Å². The van der Waals surface area contributed by atoms with Gasteiger partial charge in [0.15, 0.2) is 6.10 Å². The minimum absolute atomic E-state index is 0.0507. The predicted octanol–water partition coefficient (Wildman–Crippen LogP) is 2.79. The van der Waals surface area contributed by atoms with Gasteiger partial charge in [0.2, 0.25) is 11.9 Å². The van der Waals surface area contributed by atoms with Gasteiger partial charge in [0.25, 0.3) is 5.91 Å². The second kappa shape index (κ2) is 9.97. The first-order valence-corrected chi connectivity index (χ1v) is 11.5. The fourth-order valence-corrected chi connectivity index (χ4v) is 4.37. The minimum atomic E-state index is -0.716. The summed E-state index contributed by atoms with van der Waals surface area (Å²) in [5, 5.41) is 3.06. The molecule has 1 N–H and O–H groups in total. The second-order valence-electron chi connectivity index (χ2n) is 8.36. The zero-order valence-corrected chi connectivity index (χ0v) is 18.7. The van der Waals surface area contributed by atoms with Crippen molar-refractivity contribution in [2.75, 3.05) is 29.4 Å². The predicted molar refractivity (Wildman–Crippen MR) is 123 cm³/mol. The summed E-state index contributed by atoms with van der Waals surface area (Å²) in [6.07, 6.45) is 5.92. The Morgan fingerprint density at radius 3 is 2.47 bits per heavy atom. The van der Waals surface area contributed by atoms with Gasteiger partial charge in [0, 0.05) is 37.4 Å². The summed E-state index contributed by atoms with van der Waals surface area (Å²) in [6, 6.07) is 9.36. The maximum Gasteiger partial charge on any atom is 0.263 e. The topological polar surface area (TPSA) is 87.7 Å². The summed E-state index contributed by atoms with van der Waals surface area (Å²) in [5.74, 6) is 1.06. The lowest BCUT2D eigenvalue weighted by Crippen LogP contribution is -2.54. The number of benzene rings is 1. The van der Waals surface area contributed by atoms with Crippen molar-refractivity contribution in [1.82, 2.24) is 15.3 Å². The molecule has 0 saturated carbocycles. The molecular weight excluding hydrogens is 406 g/mol. The molecule has 3 heterocycles. The van der Waals surface area contributed by atoms with Gasteiger partial charge in [0.05, 0.1) is 12.2 Å². The molecule has 8 nitrogen and oxygen atoms in total. The molecule has 1 aromatic heterocycles. The molecule has 170 valence electrons. The third-order valence-corrected chi connectivity index (χ3v) is 6.34. The Bertz CT molecular complexity index is 926. The summed E-state index contributed by atoms with van der Waals surface area (Å²) in [6.45, 7) is 5.78. The van der Waals surface area contributed by atoms with E-state index in [1.165, 1.54) is 0 Å². The fraction of sp³-hybridized carbons (Fsp3) is 0.500. The zero-order chi connectivity index (χ0) is 22.5. The number of anilines is 2. The van der Waals surface area contributed by atoms with Crippen LogP contribution in [0.25, 0.3) is 0 Å². The third kappa shape index (κ3) is 4.69. The highest BCUT2D eigenvalue weighted by Crippen LogP contribution is 2.35. The largest absolute Gasteiger partial charge is 0.477 e. The molecule has 8 heteroatoms. The highest BCUT2D eigenvalue weighted by atomic mass is 16.5. The van der Waals surface area contributed by atoms with Gasteiger partial charge in [-0.1, -0.05) is 26.0 Å². The van der Waals surface area contributed by atoms with E-state index < -0.39 is 6.10 Å². The Hall–Kier alpha value is -3.16. The number of rotatable bonds is 6. The summed E-state index contributed by atoms with van der Waals surface area (Å²) >= 11 is 0. The number of nitrogens with one attached hydrogen (secondary N) is 1. The monoisotopic (exact) mass is 437 g/mol. The van der Waals surface area contributed by atoms with E-state index in [1.54, 1.807) is 23.4 Å². The molecule has 2 aromatic rings. The molecule has 1 saturated heterocycles. The van der Waals surface area contributed by atoms with Crippen molar-refractivity contribution < 1.29 is 14.3 Å². The van der Waals surface area contributed by atoms with E-state index in [4.69, 9.17) is 4.74 Å².